The number of nitrogens with one attached hydrogen (secondary N) is 4. The van der Waals surface area contributed by atoms with Crippen molar-refractivity contribution in [3.63, 3.8) is 0 Å². The summed E-state index contributed by atoms with van der Waals surface area (Å²) in [6, 6.07) is 7.86. The summed E-state index contributed by atoms with van der Waals surface area (Å²) in [6.07, 6.45) is 0. The lowest BCUT2D eigenvalue weighted by atomic mass is 10.2. The summed E-state index contributed by atoms with van der Waals surface area (Å²) in [5.74, 6) is 0.946. The first-order valence-corrected chi connectivity index (χ1v) is 11.0. The molecule has 11 nitrogen and oxygen atoms in total. The number of methoxy groups -OCH3 is 2. The molecular weight excluding hydrogens is 446 g/mol. The molecule has 0 aliphatic carbocycles. The van der Waals surface area contributed by atoms with E-state index >= 15 is 0 Å². The number of aromatic nitrogens is 1. The van der Waals surface area contributed by atoms with Gasteiger partial charge in [0.15, 0.2) is 0 Å². The van der Waals surface area contributed by atoms with E-state index in [1.54, 1.807) is 18.2 Å². The standard InChI is InChI=1S/C18H19N5O6S2/c1-19-17(24)21-14-8-12(29-3)9-15(20-14)22-18(25)23-31(26,27)16-6-10-4-5-11(28-2)7-13(10)30-16/h4-9H,1-3H3,(H4,19,20,21,22,23,24,25). The van der Waals surface area contributed by atoms with Gasteiger partial charge in [-0.2, -0.15) is 0 Å². The molecule has 2 heterocycles. The molecule has 4 amide bonds. The maximum Gasteiger partial charge on any atom is 0.334 e. The van der Waals surface area contributed by atoms with E-state index in [1.807, 2.05) is 4.72 Å². The number of hydrogen-bond acceptors (Lipinski definition) is 8. The number of rotatable bonds is 6. The second kappa shape index (κ2) is 9.06. The molecule has 31 heavy (non-hydrogen) atoms. The molecule has 3 aromatic rings. The molecule has 4 N–H and O–H groups in total. The third-order valence-corrected chi connectivity index (χ3v) is 6.84. The predicted octanol–water partition coefficient (Wildman–Crippen LogP) is 2.58. The molecule has 1 aromatic carbocycles. The van der Waals surface area contributed by atoms with Crippen molar-refractivity contribution in [3.8, 4) is 11.5 Å². The van der Waals surface area contributed by atoms with Crippen LogP contribution in [-0.2, 0) is 10.0 Å². The van der Waals surface area contributed by atoms with Gasteiger partial charge in [-0.05, 0) is 29.7 Å². The normalized spacial score (nSPS) is 10.9. The van der Waals surface area contributed by atoms with Gasteiger partial charge in [0, 0.05) is 23.9 Å². The van der Waals surface area contributed by atoms with E-state index in [0.29, 0.717) is 15.8 Å². The quantitative estimate of drug-likeness (QED) is 0.437. The number of carbonyl (C=O) groups excluding carboxylic acids is 2. The van der Waals surface area contributed by atoms with Crippen molar-refractivity contribution in [3.05, 3.63) is 36.4 Å². The van der Waals surface area contributed by atoms with Crippen molar-refractivity contribution in [2.24, 2.45) is 0 Å². The van der Waals surface area contributed by atoms with Crippen LogP contribution in [0.4, 0.5) is 21.2 Å². The lowest BCUT2D eigenvalue weighted by molar-refractivity contribution is 0.253. The van der Waals surface area contributed by atoms with Crippen LogP contribution >= 0.6 is 11.3 Å². The molecule has 0 aliphatic heterocycles. The highest BCUT2D eigenvalue weighted by molar-refractivity contribution is 7.92. The molecule has 0 aliphatic rings. The Kier molecular flexibility index (Phi) is 6.46. The zero-order chi connectivity index (χ0) is 22.6. The van der Waals surface area contributed by atoms with Gasteiger partial charge in [0.25, 0.3) is 10.0 Å². The maximum atomic E-state index is 12.6. The Morgan fingerprint density at radius 3 is 2.19 bits per heavy atom. The summed E-state index contributed by atoms with van der Waals surface area (Å²) in [5.41, 5.74) is 0. The lowest BCUT2D eigenvalue weighted by Crippen LogP contribution is -2.34. The van der Waals surface area contributed by atoms with Crippen molar-refractivity contribution in [1.82, 2.24) is 15.0 Å². The van der Waals surface area contributed by atoms with E-state index in [9.17, 15) is 18.0 Å². The Balaban J connectivity index is 1.78. The lowest BCUT2D eigenvalue weighted by Gasteiger charge is -2.11. The third kappa shape index (κ3) is 5.32. The zero-order valence-corrected chi connectivity index (χ0v) is 18.3. The number of amides is 4. The minimum Gasteiger partial charge on any atom is -0.497 e. The summed E-state index contributed by atoms with van der Waals surface area (Å²) < 4.78 is 38.1. The third-order valence-electron chi connectivity index (χ3n) is 3.94. The number of benzene rings is 1. The minimum atomic E-state index is -4.13. The molecule has 164 valence electrons. The first kappa shape index (κ1) is 22.1. The van der Waals surface area contributed by atoms with Gasteiger partial charge in [-0.1, -0.05) is 0 Å². The van der Waals surface area contributed by atoms with Crippen molar-refractivity contribution < 1.29 is 27.5 Å². The molecule has 0 radical (unpaired) electrons. The molecular formula is C18H19N5O6S2. The average Bonchev–Trinajstić information content (AvgIpc) is 3.17. The largest absolute Gasteiger partial charge is 0.497 e. The molecule has 0 atom stereocenters. The number of hydrogen-bond donors (Lipinski definition) is 4. The Morgan fingerprint density at radius 2 is 1.58 bits per heavy atom. The highest BCUT2D eigenvalue weighted by Crippen LogP contribution is 2.31. The molecule has 0 saturated heterocycles. The summed E-state index contributed by atoms with van der Waals surface area (Å²) in [6.45, 7) is 0. The van der Waals surface area contributed by atoms with Crippen molar-refractivity contribution in [1.29, 1.82) is 0 Å². The molecule has 3 rings (SSSR count). The number of anilines is 2. The van der Waals surface area contributed by atoms with Gasteiger partial charge >= 0.3 is 12.1 Å². The molecule has 0 fully saturated rings. The highest BCUT2D eigenvalue weighted by Gasteiger charge is 2.21. The van der Waals surface area contributed by atoms with Crippen LogP contribution in [-0.4, -0.2) is 46.7 Å². The second-order valence-corrected chi connectivity index (χ2v) is 9.00. The number of carbonyl (C=O) groups is 2. The number of ether oxygens (including phenoxy) is 2. The summed E-state index contributed by atoms with van der Waals surface area (Å²) in [5, 5.41) is 7.82. The van der Waals surface area contributed by atoms with E-state index in [0.717, 1.165) is 11.3 Å². The van der Waals surface area contributed by atoms with Crippen LogP contribution in [0.2, 0.25) is 0 Å². The fraction of sp³-hybridized carbons (Fsp3) is 0.167. The Labute approximate surface area is 181 Å². The molecule has 0 spiro atoms. The van der Waals surface area contributed by atoms with Gasteiger partial charge in [-0.25, -0.2) is 27.7 Å². The van der Waals surface area contributed by atoms with Gasteiger partial charge in [0.2, 0.25) is 0 Å². The maximum absolute atomic E-state index is 12.6. The van der Waals surface area contributed by atoms with Crippen molar-refractivity contribution in [2.75, 3.05) is 31.9 Å². The van der Waals surface area contributed by atoms with Crippen LogP contribution in [0.5, 0.6) is 11.5 Å². The van der Waals surface area contributed by atoms with Crippen LogP contribution < -0.4 is 30.1 Å². The van der Waals surface area contributed by atoms with Gasteiger partial charge in [0.1, 0.15) is 27.3 Å². The van der Waals surface area contributed by atoms with Crippen LogP contribution in [0.15, 0.2) is 40.6 Å². The topological polar surface area (TPSA) is 148 Å². The highest BCUT2D eigenvalue weighted by atomic mass is 32.2. The second-order valence-electron chi connectivity index (χ2n) is 6.01. The van der Waals surface area contributed by atoms with E-state index in [-0.39, 0.29) is 21.6 Å². The van der Waals surface area contributed by atoms with Crippen LogP contribution in [0.25, 0.3) is 10.1 Å². The predicted molar refractivity (Wildman–Crippen MR) is 117 cm³/mol. The SMILES string of the molecule is CNC(=O)Nc1cc(OC)cc(NC(=O)NS(=O)(=O)c2cc3ccc(OC)cc3s2)n1. The number of thiophene rings is 1. The number of urea groups is 2. The monoisotopic (exact) mass is 465 g/mol. The number of nitrogens with zero attached hydrogens (tertiary/aromatic N) is 1. The summed E-state index contributed by atoms with van der Waals surface area (Å²) in [7, 11) is 0.202. The van der Waals surface area contributed by atoms with Gasteiger partial charge in [-0.15, -0.1) is 11.3 Å². The summed E-state index contributed by atoms with van der Waals surface area (Å²) >= 11 is 0.999. The van der Waals surface area contributed by atoms with Crippen LogP contribution in [0.3, 0.4) is 0 Å². The van der Waals surface area contributed by atoms with Gasteiger partial charge in [0.05, 0.1) is 14.2 Å². The zero-order valence-electron chi connectivity index (χ0n) is 16.7. The van der Waals surface area contributed by atoms with E-state index < -0.39 is 22.1 Å². The minimum absolute atomic E-state index is 0.0282. The fourth-order valence-electron chi connectivity index (χ4n) is 2.49. The van der Waals surface area contributed by atoms with Gasteiger partial charge < -0.3 is 14.8 Å². The molecule has 0 unspecified atom stereocenters. The van der Waals surface area contributed by atoms with Crippen LogP contribution in [0.1, 0.15) is 0 Å². The first-order chi connectivity index (χ1) is 14.7. The van der Waals surface area contributed by atoms with Crippen molar-refractivity contribution in [2.45, 2.75) is 4.21 Å². The fourth-order valence-corrected chi connectivity index (χ4v) is 4.82. The Bertz CT molecular complexity index is 1240. The summed E-state index contributed by atoms with van der Waals surface area (Å²) in [4.78, 5) is 27.8. The molecule has 2 aromatic heterocycles. The Hall–Kier alpha value is -3.58. The van der Waals surface area contributed by atoms with E-state index in [2.05, 4.69) is 20.9 Å². The number of sulfonamides is 1. The average molecular weight is 466 g/mol. The van der Waals surface area contributed by atoms with E-state index in [1.165, 1.54) is 39.5 Å². The molecule has 0 saturated carbocycles. The smallest absolute Gasteiger partial charge is 0.334 e. The molecule has 13 heteroatoms. The molecule has 0 bridgehead atoms. The van der Waals surface area contributed by atoms with E-state index in [4.69, 9.17) is 9.47 Å². The Morgan fingerprint density at radius 1 is 0.935 bits per heavy atom. The van der Waals surface area contributed by atoms with Crippen LogP contribution in [0, 0.1) is 0 Å². The van der Waals surface area contributed by atoms with Crippen molar-refractivity contribution >= 4 is 55.1 Å². The number of pyridine rings is 1. The van der Waals surface area contributed by atoms with Gasteiger partial charge in [-0.3, -0.25) is 10.6 Å². The first-order valence-electron chi connectivity index (χ1n) is 8.70. The number of fused-ring (bicyclic) bond motifs is 1.